The number of hydrogen-bond donors (Lipinski definition) is 0. The van der Waals surface area contributed by atoms with Crippen LogP contribution < -0.4 is 0 Å². The standard InChI is InChI=1S/C19H20BrFN2O/c1-11-2-3-13(10-17(11)21)8-12-4-7-15(16(20)9-12)19-23-22-18(24-19)14-5-6-14/h2-3,9-10,12,14-15H,4-8H2,1H3/i8D2. The maximum atomic E-state index is 13.9. The monoisotopic (exact) mass is 392 g/mol. The van der Waals surface area contributed by atoms with Gasteiger partial charge in [-0.2, -0.15) is 0 Å². The Kier molecular flexibility index (Phi) is 3.69. The zero-order valence-electron chi connectivity index (χ0n) is 15.4. The Balaban J connectivity index is 1.56. The van der Waals surface area contributed by atoms with Crippen LogP contribution in [0.4, 0.5) is 4.39 Å². The fourth-order valence-electron chi connectivity index (χ4n) is 3.01. The Morgan fingerprint density at radius 2 is 2.04 bits per heavy atom. The minimum absolute atomic E-state index is 0.0307. The molecule has 126 valence electrons. The van der Waals surface area contributed by atoms with Crippen LogP contribution in [0.1, 0.15) is 63.2 Å². The first-order chi connectivity index (χ1) is 12.4. The van der Waals surface area contributed by atoms with E-state index in [2.05, 4.69) is 26.1 Å². The number of nitrogens with zero attached hydrogens (tertiary/aromatic N) is 2. The summed E-state index contributed by atoms with van der Waals surface area (Å²) in [6.45, 7) is 1.68. The summed E-state index contributed by atoms with van der Waals surface area (Å²) in [5.41, 5.74) is 0.891. The van der Waals surface area contributed by atoms with E-state index >= 15 is 0 Å². The largest absolute Gasteiger partial charge is 0.424 e. The summed E-state index contributed by atoms with van der Waals surface area (Å²) < 4.78 is 37.6. The summed E-state index contributed by atoms with van der Waals surface area (Å²) in [6.07, 6.45) is 3.79. The highest BCUT2D eigenvalue weighted by molar-refractivity contribution is 9.11. The van der Waals surface area contributed by atoms with Crippen LogP contribution in [0.25, 0.3) is 0 Å². The van der Waals surface area contributed by atoms with Gasteiger partial charge in [-0.25, -0.2) is 4.39 Å². The van der Waals surface area contributed by atoms with E-state index in [0.29, 0.717) is 41.7 Å². The van der Waals surface area contributed by atoms with E-state index in [1.807, 2.05) is 6.08 Å². The third-order valence-electron chi connectivity index (χ3n) is 4.66. The van der Waals surface area contributed by atoms with Gasteiger partial charge in [0.1, 0.15) is 5.82 Å². The van der Waals surface area contributed by atoms with Gasteiger partial charge >= 0.3 is 0 Å². The molecule has 2 atom stereocenters. The molecule has 0 radical (unpaired) electrons. The van der Waals surface area contributed by atoms with Gasteiger partial charge in [-0.1, -0.05) is 34.1 Å². The Hall–Kier alpha value is -1.49. The minimum atomic E-state index is -1.65. The molecule has 2 aliphatic carbocycles. The number of rotatable bonds is 4. The minimum Gasteiger partial charge on any atom is -0.424 e. The van der Waals surface area contributed by atoms with Crippen LogP contribution in [0, 0.1) is 18.7 Å². The molecule has 24 heavy (non-hydrogen) atoms. The SMILES string of the molecule is [2H]C([2H])(c1ccc(C)c(F)c1)C1C=C(Br)C(c2nnc(C3CC3)o2)CC1. The molecule has 1 aromatic carbocycles. The Labute approximate surface area is 152 Å². The van der Waals surface area contributed by atoms with Crippen LogP contribution >= 0.6 is 15.9 Å². The molecule has 1 fully saturated rings. The van der Waals surface area contributed by atoms with E-state index in [-0.39, 0.29) is 17.7 Å². The predicted octanol–water partition coefficient (Wildman–Crippen LogP) is 5.41. The third kappa shape index (κ3) is 3.32. The molecule has 0 saturated heterocycles. The zero-order valence-corrected chi connectivity index (χ0v) is 15.0. The second kappa shape index (κ2) is 6.43. The molecule has 0 bridgehead atoms. The van der Waals surface area contributed by atoms with Crippen molar-refractivity contribution in [2.45, 2.75) is 50.8 Å². The lowest BCUT2D eigenvalue weighted by molar-refractivity contribution is 0.402. The normalized spacial score (nSPS) is 25.9. The van der Waals surface area contributed by atoms with Gasteiger partial charge in [0, 0.05) is 13.1 Å². The molecule has 3 nitrogen and oxygen atoms in total. The highest BCUT2D eigenvalue weighted by atomic mass is 79.9. The predicted molar refractivity (Wildman–Crippen MR) is 93.6 cm³/mol. The smallest absolute Gasteiger partial charge is 0.224 e. The van der Waals surface area contributed by atoms with Crippen LogP contribution in [0.5, 0.6) is 0 Å². The number of aryl methyl sites for hydroxylation is 1. The average molecular weight is 393 g/mol. The average Bonchev–Trinajstić information content (AvgIpc) is 3.35. The van der Waals surface area contributed by atoms with E-state index in [1.54, 1.807) is 19.1 Å². The molecule has 0 aliphatic heterocycles. The van der Waals surface area contributed by atoms with Gasteiger partial charge in [-0.05, 0) is 62.1 Å². The van der Waals surface area contributed by atoms with Crippen molar-refractivity contribution in [2.75, 3.05) is 0 Å². The molecule has 2 aromatic rings. The summed E-state index contributed by atoms with van der Waals surface area (Å²) in [5.74, 6) is 0.976. The Morgan fingerprint density at radius 1 is 1.25 bits per heavy atom. The van der Waals surface area contributed by atoms with Crippen LogP contribution in [0.15, 0.2) is 33.2 Å². The molecule has 0 N–H and O–H groups in total. The Bertz CT molecular complexity index is 863. The third-order valence-corrected chi connectivity index (χ3v) is 5.48. The highest BCUT2D eigenvalue weighted by Gasteiger charge is 2.32. The summed E-state index contributed by atoms with van der Waals surface area (Å²) >= 11 is 3.58. The van der Waals surface area contributed by atoms with Gasteiger partial charge in [-0.3, -0.25) is 0 Å². The first kappa shape index (κ1) is 13.8. The number of allylic oxidation sites excluding steroid dienone is 2. The molecule has 1 aromatic heterocycles. The number of halogens is 2. The van der Waals surface area contributed by atoms with Crippen LogP contribution in [-0.4, -0.2) is 10.2 Å². The molecular formula is C19H20BrFN2O. The maximum absolute atomic E-state index is 13.9. The number of benzene rings is 1. The molecule has 0 spiro atoms. The molecule has 2 aliphatic rings. The van der Waals surface area contributed by atoms with Crippen molar-refractivity contribution in [3.8, 4) is 0 Å². The van der Waals surface area contributed by atoms with Crippen molar-refractivity contribution in [1.82, 2.24) is 10.2 Å². The lowest BCUT2D eigenvalue weighted by atomic mass is 9.85. The molecule has 2 unspecified atom stereocenters. The second-order valence-electron chi connectivity index (χ2n) is 6.65. The van der Waals surface area contributed by atoms with Gasteiger partial charge in [0.2, 0.25) is 11.8 Å². The van der Waals surface area contributed by atoms with Crippen molar-refractivity contribution in [1.29, 1.82) is 0 Å². The quantitative estimate of drug-likeness (QED) is 0.697. The second-order valence-corrected chi connectivity index (χ2v) is 7.56. The van der Waals surface area contributed by atoms with Crippen molar-refractivity contribution >= 4 is 15.9 Å². The van der Waals surface area contributed by atoms with Gasteiger partial charge < -0.3 is 4.42 Å². The van der Waals surface area contributed by atoms with E-state index in [1.165, 1.54) is 6.07 Å². The van der Waals surface area contributed by atoms with Gasteiger partial charge in [0.25, 0.3) is 0 Å². The lowest BCUT2D eigenvalue weighted by Crippen LogP contribution is -2.13. The summed E-state index contributed by atoms with van der Waals surface area (Å²) in [5, 5.41) is 8.33. The van der Waals surface area contributed by atoms with E-state index in [9.17, 15) is 4.39 Å². The lowest BCUT2D eigenvalue weighted by Gasteiger charge is -2.24. The molecule has 5 heteroatoms. The molecule has 1 saturated carbocycles. The highest BCUT2D eigenvalue weighted by Crippen LogP contribution is 2.43. The van der Waals surface area contributed by atoms with Crippen molar-refractivity contribution in [2.24, 2.45) is 5.92 Å². The molecular weight excluding hydrogens is 371 g/mol. The van der Waals surface area contributed by atoms with Crippen LogP contribution in [-0.2, 0) is 6.37 Å². The zero-order chi connectivity index (χ0) is 18.5. The van der Waals surface area contributed by atoms with Crippen molar-refractivity contribution < 1.29 is 11.5 Å². The summed E-state index contributed by atoms with van der Waals surface area (Å²) in [6, 6.07) is 4.61. The molecule has 0 amide bonds. The van der Waals surface area contributed by atoms with Crippen LogP contribution in [0.3, 0.4) is 0 Å². The Morgan fingerprint density at radius 3 is 2.75 bits per heavy atom. The number of aromatic nitrogens is 2. The fourth-order valence-corrected chi connectivity index (χ4v) is 3.75. The van der Waals surface area contributed by atoms with Gasteiger partial charge in [0.15, 0.2) is 0 Å². The van der Waals surface area contributed by atoms with Gasteiger partial charge in [-0.15, -0.1) is 10.2 Å². The maximum Gasteiger partial charge on any atom is 0.224 e. The van der Waals surface area contributed by atoms with E-state index in [4.69, 9.17) is 7.16 Å². The summed E-state index contributed by atoms with van der Waals surface area (Å²) in [7, 11) is 0. The number of hydrogen-bond acceptors (Lipinski definition) is 3. The molecule has 1 heterocycles. The summed E-state index contributed by atoms with van der Waals surface area (Å²) in [4.78, 5) is 0. The molecule has 4 rings (SSSR count). The first-order valence-electron chi connectivity index (χ1n) is 9.33. The van der Waals surface area contributed by atoms with E-state index < -0.39 is 6.37 Å². The van der Waals surface area contributed by atoms with E-state index in [0.717, 1.165) is 17.3 Å². The fraction of sp³-hybridized carbons (Fsp3) is 0.474. The van der Waals surface area contributed by atoms with Crippen LogP contribution in [0.2, 0.25) is 0 Å². The topological polar surface area (TPSA) is 38.9 Å². The van der Waals surface area contributed by atoms with Crippen molar-refractivity contribution in [3.63, 3.8) is 0 Å². The van der Waals surface area contributed by atoms with Gasteiger partial charge in [0.05, 0.1) is 5.92 Å². The first-order valence-corrected chi connectivity index (χ1v) is 9.12. The van der Waals surface area contributed by atoms with Crippen molar-refractivity contribution in [3.05, 3.63) is 57.5 Å².